The third kappa shape index (κ3) is 9.84. The molecule has 0 saturated heterocycles. The van der Waals surface area contributed by atoms with Gasteiger partial charge < -0.3 is 14.6 Å². The van der Waals surface area contributed by atoms with Crippen LogP contribution in [0.3, 0.4) is 0 Å². The highest BCUT2D eigenvalue weighted by molar-refractivity contribution is 6.02. The van der Waals surface area contributed by atoms with Crippen LogP contribution in [0.5, 0.6) is 5.75 Å². The van der Waals surface area contributed by atoms with Crippen LogP contribution in [0.15, 0.2) is 72.5 Å². The molecule has 0 saturated carbocycles. The predicted molar refractivity (Wildman–Crippen MR) is 137 cm³/mol. The maximum Gasteiger partial charge on any atom is 0.316 e. The van der Waals surface area contributed by atoms with Crippen LogP contribution in [-0.4, -0.2) is 28.9 Å². The first kappa shape index (κ1) is 27.3. The van der Waals surface area contributed by atoms with E-state index in [1.54, 1.807) is 57.2 Å². The van der Waals surface area contributed by atoms with Crippen molar-refractivity contribution in [2.75, 3.05) is 0 Å². The van der Waals surface area contributed by atoms with E-state index in [4.69, 9.17) is 9.47 Å². The van der Waals surface area contributed by atoms with Crippen LogP contribution in [0.1, 0.15) is 51.3 Å². The van der Waals surface area contributed by atoms with Gasteiger partial charge in [-0.05, 0) is 75.6 Å². The largest absolute Gasteiger partial charge is 0.508 e. The lowest BCUT2D eigenvalue weighted by atomic mass is 9.97. The zero-order valence-electron chi connectivity index (χ0n) is 20.8. The molecule has 2 rings (SSSR count). The van der Waals surface area contributed by atoms with Gasteiger partial charge in [-0.3, -0.25) is 14.4 Å². The third-order valence-corrected chi connectivity index (χ3v) is 4.86. The molecule has 0 bridgehead atoms. The van der Waals surface area contributed by atoms with E-state index in [-0.39, 0.29) is 17.5 Å². The molecule has 2 aromatic carbocycles. The van der Waals surface area contributed by atoms with Gasteiger partial charge in [-0.1, -0.05) is 48.6 Å². The lowest BCUT2D eigenvalue weighted by Gasteiger charge is -2.22. The Balaban J connectivity index is 1.92. The van der Waals surface area contributed by atoms with E-state index < -0.39 is 11.0 Å². The van der Waals surface area contributed by atoms with E-state index in [0.717, 1.165) is 22.8 Å². The van der Waals surface area contributed by atoms with Crippen LogP contribution in [0, 0.1) is 5.41 Å². The summed E-state index contributed by atoms with van der Waals surface area (Å²) in [5.74, 6) is -0.429. The molecule has 0 aromatic heterocycles. The number of carbonyl (C=O) groups is 3. The molecule has 0 radical (unpaired) electrons. The standard InChI is InChI=1S/C29H32O6/c1-28(2,3)27(33)35-26-16-12-22(13-17-26)11-15-25(32)18-24(31)14-10-21-6-8-23(9-7-21)19-29(4,5)34-20-30/h6-18,20,32H,19H2,1-5H3/b14-10+,15-11+,25-18-. The molecule has 0 fully saturated rings. The molecule has 0 spiro atoms. The van der Waals surface area contributed by atoms with E-state index in [1.807, 2.05) is 38.1 Å². The highest BCUT2D eigenvalue weighted by atomic mass is 16.5. The summed E-state index contributed by atoms with van der Waals surface area (Å²) < 4.78 is 10.4. The fourth-order valence-electron chi connectivity index (χ4n) is 2.92. The van der Waals surface area contributed by atoms with E-state index in [1.165, 1.54) is 12.2 Å². The molecule has 0 aliphatic rings. The SMILES string of the molecule is CC(C)(Cc1ccc(/C=C/C(=O)/C=C(O)/C=C/c2ccc(OC(=O)C(C)(C)C)cc2)cc1)OC=O. The summed E-state index contributed by atoms with van der Waals surface area (Å²) in [5, 5.41) is 10.0. The lowest BCUT2D eigenvalue weighted by Crippen LogP contribution is -2.26. The summed E-state index contributed by atoms with van der Waals surface area (Å²) in [4.78, 5) is 34.6. The number of ketones is 1. The Morgan fingerprint density at radius 2 is 1.40 bits per heavy atom. The fraction of sp³-hybridized carbons (Fsp3) is 0.276. The molecular weight excluding hydrogens is 444 g/mol. The van der Waals surface area contributed by atoms with Gasteiger partial charge >= 0.3 is 5.97 Å². The van der Waals surface area contributed by atoms with Crippen LogP contribution in [0.2, 0.25) is 0 Å². The molecule has 0 aliphatic carbocycles. The average Bonchev–Trinajstić information content (AvgIpc) is 2.77. The first-order valence-electron chi connectivity index (χ1n) is 11.2. The van der Waals surface area contributed by atoms with Crippen LogP contribution < -0.4 is 4.74 Å². The molecule has 1 N–H and O–H groups in total. The molecular formula is C29H32O6. The maximum absolute atomic E-state index is 12.1. The van der Waals surface area contributed by atoms with Crippen molar-refractivity contribution in [3.8, 4) is 5.75 Å². The Bertz CT molecular complexity index is 1110. The zero-order valence-corrected chi connectivity index (χ0v) is 20.8. The first-order chi connectivity index (χ1) is 16.4. The van der Waals surface area contributed by atoms with Gasteiger partial charge in [-0.15, -0.1) is 0 Å². The molecule has 0 atom stereocenters. The summed E-state index contributed by atoms with van der Waals surface area (Å²) >= 11 is 0. The maximum atomic E-state index is 12.1. The molecule has 35 heavy (non-hydrogen) atoms. The number of ether oxygens (including phenoxy) is 2. The Hall–Kier alpha value is -3.93. The minimum atomic E-state index is -0.593. The molecule has 2 aromatic rings. The number of hydrogen-bond acceptors (Lipinski definition) is 6. The van der Waals surface area contributed by atoms with Gasteiger partial charge in [0.2, 0.25) is 0 Å². The van der Waals surface area contributed by atoms with Crippen molar-refractivity contribution in [1.82, 2.24) is 0 Å². The number of rotatable bonds is 10. The summed E-state index contributed by atoms with van der Waals surface area (Å²) in [6.07, 6.45) is 7.79. The Kier molecular flexibility index (Phi) is 9.34. The normalized spacial score (nSPS) is 12.7. The van der Waals surface area contributed by atoms with Crippen LogP contribution in [0.25, 0.3) is 12.2 Å². The molecule has 184 valence electrons. The second-order valence-corrected chi connectivity index (χ2v) is 9.74. The molecule has 6 nitrogen and oxygen atoms in total. The number of hydrogen-bond donors (Lipinski definition) is 1. The number of carbonyl (C=O) groups excluding carboxylic acids is 3. The quantitative estimate of drug-likeness (QED) is 0.115. The van der Waals surface area contributed by atoms with Crippen molar-refractivity contribution < 1.29 is 29.0 Å². The van der Waals surface area contributed by atoms with Crippen molar-refractivity contribution in [1.29, 1.82) is 0 Å². The summed E-state index contributed by atoms with van der Waals surface area (Å²) in [7, 11) is 0. The summed E-state index contributed by atoms with van der Waals surface area (Å²) in [6, 6.07) is 14.4. The van der Waals surface area contributed by atoms with Gasteiger partial charge in [0.05, 0.1) is 5.41 Å². The number of benzene rings is 2. The summed E-state index contributed by atoms with van der Waals surface area (Å²) in [6.45, 7) is 9.46. The molecule has 6 heteroatoms. The van der Waals surface area contributed by atoms with Crippen molar-refractivity contribution in [3.63, 3.8) is 0 Å². The Labute approximate surface area is 206 Å². The number of esters is 1. The number of aliphatic hydroxyl groups is 1. The number of allylic oxidation sites excluding steroid dienone is 3. The molecule has 0 unspecified atom stereocenters. The van der Waals surface area contributed by atoms with Gasteiger partial charge in [-0.25, -0.2) is 0 Å². The topological polar surface area (TPSA) is 89.9 Å². The minimum Gasteiger partial charge on any atom is -0.508 e. The van der Waals surface area contributed by atoms with Gasteiger partial charge in [0.1, 0.15) is 17.1 Å². The van der Waals surface area contributed by atoms with E-state index in [9.17, 15) is 19.5 Å². The zero-order chi connectivity index (χ0) is 26.1. The predicted octanol–water partition coefficient (Wildman–Crippen LogP) is 5.87. The summed E-state index contributed by atoms with van der Waals surface area (Å²) in [5.41, 5.74) is 1.41. The van der Waals surface area contributed by atoms with Crippen LogP contribution >= 0.6 is 0 Å². The van der Waals surface area contributed by atoms with E-state index in [0.29, 0.717) is 18.6 Å². The van der Waals surface area contributed by atoms with Crippen LogP contribution in [-0.2, 0) is 25.5 Å². The van der Waals surface area contributed by atoms with Crippen molar-refractivity contribution in [2.45, 2.75) is 46.6 Å². The average molecular weight is 477 g/mol. The van der Waals surface area contributed by atoms with E-state index in [2.05, 4.69) is 0 Å². The highest BCUT2D eigenvalue weighted by Crippen LogP contribution is 2.20. The molecule has 0 amide bonds. The van der Waals surface area contributed by atoms with E-state index >= 15 is 0 Å². The van der Waals surface area contributed by atoms with Crippen molar-refractivity contribution in [3.05, 3.63) is 89.2 Å². The fourth-order valence-corrected chi connectivity index (χ4v) is 2.92. The second-order valence-electron chi connectivity index (χ2n) is 9.74. The van der Waals surface area contributed by atoms with Crippen LogP contribution in [0.4, 0.5) is 0 Å². The monoisotopic (exact) mass is 476 g/mol. The Morgan fingerprint density at radius 3 is 1.94 bits per heavy atom. The number of aliphatic hydroxyl groups excluding tert-OH is 1. The second kappa shape index (κ2) is 12.0. The minimum absolute atomic E-state index is 0.185. The van der Waals surface area contributed by atoms with Crippen molar-refractivity contribution in [2.24, 2.45) is 5.41 Å². The third-order valence-electron chi connectivity index (χ3n) is 4.86. The van der Waals surface area contributed by atoms with Gasteiger partial charge in [0, 0.05) is 12.5 Å². The van der Waals surface area contributed by atoms with Gasteiger partial charge in [0.25, 0.3) is 6.47 Å². The highest BCUT2D eigenvalue weighted by Gasteiger charge is 2.23. The van der Waals surface area contributed by atoms with Gasteiger partial charge in [0.15, 0.2) is 5.78 Å². The smallest absolute Gasteiger partial charge is 0.316 e. The van der Waals surface area contributed by atoms with Crippen molar-refractivity contribution >= 4 is 30.4 Å². The lowest BCUT2D eigenvalue weighted by molar-refractivity contribution is -0.143. The van der Waals surface area contributed by atoms with Gasteiger partial charge in [-0.2, -0.15) is 0 Å². The molecule has 0 aliphatic heterocycles. The Morgan fingerprint density at radius 1 is 0.857 bits per heavy atom. The first-order valence-corrected chi connectivity index (χ1v) is 11.2. The molecule has 0 heterocycles.